The molecule has 186 valence electrons. The first kappa shape index (κ1) is 24.9. The molecule has 3 amide bonds. The van der Waals surface area contributed by atoms with E-state index >= 15 is 0 Å². The van der Waals surface area contributed by atoms with Crippen LogP contribution in [-0.4, -0.2) is 30.2 Å². The SMILES string of the molecule is CC1c2ccc(C(=O)NCc3c(F)cc(F)cc3F)cc2N(Cc2cc(C=O)ccc2F)C(=O)N1C. The molecule has 0 spiro atoms. The lowest BCUT2D eigenvalue weighted by molar-refractivity contribution is 0.0949. The van der Waals surface area contributed by atoms with Crippen LogP contribution < -0.4 is 10.2 Å². The van der Waals surface area contributed by atoms with E-state index in [1.54, 1.807) is 20.0 Å². The van der Waals surface area contributed by atoms with Gasteiger partial charge in [-0.05, 0) is 42.8 Å². The molecule has 1 heterocycles. The van der Waals surface area contributed by atoms with Crippen LogP contribution in [-0.2, 0) is 13.1 Å². The van der Waals surface area contributed by atoms with Crippen molar-refractivity contribution >= 4 is 23.9 Å². The van der Waals surface area contributed by atoms with E-state index in [-0.39, 0.29) is 29.3 Å². The van der Waals surface area contributed by atoms with Crippen LogP contribution in [0.4, 0.5) is 28.0 Å². The van der Waals surface area contributed by atoms with E-state index in [0.717, 1.165) is 6.07 Å². The number of anilines is 1. The summed E-state index contributed by atoms with van der Waals surface area (Å²) in [7, 11) is 1.59. The minimum atomic E-state index is -1.13. The third-order valence-corrected chi connectivity index (χ3v) is 6.21. The van der Waals surface area contributed by atoms with Gasteiger partial charge in [-0.2, -0.15) is 0 Å². The second-order valence-corrected chi connectivity index (χ2v) is 8.43. The Labute approximate surface area is 204 Å². The van der Waals surface area contributed by atoms with Crippen molar-refractivity contribution in [2.24, 2.45) is 0 Å². The number of nitrogens with one attached hydrogen (secondary N) is 1. The van der Waals surface area contributed by atoms with Gasteiger partial charge in [-0.3, -0.25) is 14.5 Å². The molecule has 36 heavy (non-hydrogen) atoms. The number of halogens is 4. The molecule has 0 fully saturated rings. The normalized spacial score (nSPS) is 15.1. The number of carbonyl (C=O) groups is 3. The summed E-state index contributed by atoms with van der Waals surface area (Å²) in [6.07, 6.45) is 0.568. The average Bonchev–Trinajstić information content (AvgIpc) is 2.85. The van der Waals surface area contributed by atoms with Crippen LogP contribution in [0.5, 0.6) is 0 Å². The molecule has 1 unspecified atom stereocenters. The summed E-state index contributed by atoms with van der Waals surface area (Å²) in [4.78, 5) is 39.8. The van der Waals surface area contributed by atoms with Crippen LogP contribution in [0.15, 0.2) is 48.5 Å². The van der Waals surface area contributed by atoms with E-state index < -0.39 is 47.3 Å². The molecular formula is C26H21F4N3O3. The first-order valence-electron chi connectivity index (χ1n) is 10.9. The van der Waals surface area contributed by atoms with Gasteiger partial charge in [-0.15, -0.1) is 0 Å². The second kappa shape index (κ2) is 9.80. The standard InChI is InChI=1S/C26H21F4N3O3/c1-14-19-5-4-16(25(35)31-11-20-22(29)9-18(27)10-23(20)30)8-24(19)33(26(36)32(14)2)12-17-7-15(13-34)3-6-21(17)28/h3-10,13-14H,11-12H2,1-2H3,(H,31,35). The van der Waals surface area contributed by atoms with Crippen molar-refractivity contribution in [2.45, 2.75) is 26.1 Å². The lowest BCUT2D eigenvalue weighted by atomic mass is 9.98. The van der Waals surface area contributed by atoms with Crippen LogP contribution in [0.3, 0.4) is 0 Å². The highest BCUT2D eigenvalue weighted by molar-refractivity contribution is 5.99. The van der Waals surface area contributed by atoms with Gasteiger partial charge in [0.15, 0.2) is 0 Å². The fourth-order valence-electron chi connectivity index (χ4n) is 4.06. The molecule has 6 nitrogen and oxygen atoms in total. The van der Waals surface area contributed by atoms with Gasteiger partial charge >= 0.3 is 6.03 Å². The van der Waals surface area contributed by atoms with Crippen molar-refractivity contribution in [3.8, 4) is 0 Å². The highest BCUT2D eigenvalue weighted by Gasteiger charge is 2.34. The molecule has 0 aliphatic carbocycles. The molecule has 0 bridgehead atoms. The van der Waals surface area contributed by atoms with Crippen molar-refractivity contribution in [1.82, 2.24) is 10.2 Å². The van der Waals surface area contributed by atoms with Crippen LogP contribution in [0.2, 0.25) is 0 Å². The summed E-state index contributed by atoms with van der Waals surface area (Å²) in [5.74, 6) is -4.63. The number of hydrogen-bond acceptors (Lipinski definition) is 3. The Morgan fingerprint density at radius 1 is 1.00 bits per heavy atom. The number of carbonyl (C=O) groups excluding carboxylic acids is 3. The van der Waals surface area contributed by atoms with Crippen LogP contribution >= 0.6 is 0 Å². The summed E-state index contributed by atoms with van der Waals surface area (Å²) in [5.41, 5.74) is 0.989. The Morgan fingerprint density at radius 2 is 1.69 bits per heavy atom. The van der Waals surface area contributed by atoms with Crippen LogP contribution in [0.1, 0.15) is 50.4 Å². The van der Waals surface area contributed by atoms with E-state index in [1.807, 2.05) is 0 Å². The second-order valence-electron chi connectivity index (χ2n) is 8.43. The number of urea groups is 1. The molecule has 0 aromatic heterocycles. The van der Waals surface area contributed by atoms with Gasteiger partial charge in [0.25, 0.3) is 5.91 Å². The fraction of sp³-hybridized carbons (Fsp3) is 0.192. The molecule has 3 aromatic carbocycles. The third-order valence-electron chi connectivity index (χ3n) is 6.21. The topological polar surface area (TPSA) is 69.7 Å². The molecule has 3 aromatic rings. The maximum atomic E-state index is 14.5. The molecule has 1 atom stereocenters. The maximum Gasteiger partial charge on any atom is 0.325 e. The van der Waals surface area contributed by atoms with Gasteiger partial charge in [-0.25, -0.2) is 22.4 Å². The van der Waals surface area contributed by atoms with Gasteiger partial charge in [0, 0.05) is 48.0 Å². The average molecular weight is 499 g/mol. The summed E-state index contributed by atoms with van der Waals surface area (Å²) >= 11 is 0. The monoisotopic (exact) mass is 499 g/mol. The van der Waals surface area contributed by atoms with E-state index in [4.69, 9.17) is 0 Å². The Bertz CT molecular complexity index is 1360. The number of amides is 3. The quantitative estimate of drug-likeness (QED) is 0.378. The smallest absolute Gasteiger partial charge is 0.325 e. The Morgan fingerprint density at radius 3 is 2.36 bits per heavy atom. The predicted octanol–water partition coefficient (Wildman–Crippen LogP) is 5.12. The zero-order valence-corrected chi connectivity index (χ0v) is 19.3. The minimum absolute atomic E-state index is 0.0911. The molecule has 0 saturated heterocycles. The molecule has 4 rings (SSSR count). The Kier molecular flexibility index (Phi) is 6.78. The molecule has 1 N–H and O–H groups in total. The van der Waals surface area contributed by atoms with Crippen molar-refractivity contribution in [3.63, 3.8) is 0 Å². The summed E-state index contributed by atoms with van der Waals surface area (Å²) in [6, 6.07) is 8.61. The zero-order valence-electron chi connectivity index (χ0n) is 19.3. The molecule has 0 saturated carbocycles. The van der Waals surface area contributed by atoms with Crippen molar-refractivity contribution < 1.29 is 31.9 Å². The number of rotatable bonds is 6. The van der Waals surface area contributed by atoms with Crippen molar-refractivity contribution in [2.75, 3.05) is 11.9 Å². The van der Waals surface area contributed by atoms with Crippen molar-refractivity contribution in [3.05, 3.63) is 99.6 Å². The number of nitrogens with zero attached hydrogens (tertiary/aromatic N) is 2. The van der Waals surface area contributed by atoms with Gasteiger partial charge in [0.05, 0.1) is 18.3 Å². The van der Waals surface area contributed by atoms with E-state index in [1.165, 1.54) is 34.1 Å². The number of hydrogen-bond donors (Lipinski definition) is 1. The summed E-state index contributed by atoms with van der Waals surface area (Å²) < 4.78 is 55.5. The number of benzene rings is 3. The van der Waals surface area contributed by atoms with Gasteiger partial charge in [0.1, 0.15) is 29.6 Å². The lowest BCUT2D eigenvalue weighted by Gasteiger charge is -2.39. The molecular weight excluding hydrogens is 478 g/mol. The molecule has 1 aliphatic rings. The van der Waals surface area contributed by atoms with Crippen molar-refractivity contribution in [1.29, 1.82) is 0 Å². The van der Waals surface area contributed by atoms with Crippen LogP contribution in [0, 0.1) is 23.3 Å². The highest BCUT2D eigenvalue weighted by Crippen LogP contribution is 2.37. The molecule has 1 aliphatic heterocycles. The van der Waals surface area contributed by atoms with E-state index in [2.05, 4.69) is 5.32 Å². The summed E-state index contributed by atoms with van der Waals surface area (Å²) in [5, 5.41) is 2.39. The lowest BCUT2D eigenvalue weighted by Crippen LogP contribution is -2.46. The number of aldehydes is 1. The highest BCUT2D eigenvalue weighted by atomic mass is 19.1. The maximum absolute atomic E-state index is 14.5. The van der Waals surface area contributed by atoms with Gasteiger partial charge < -0.3 is 10.2 Å². The van der Waals surface area contributed by atoms with E-state index in [0.29, 0.717) is 29.7 Å². The predicted molar refractivity (Wildman–Crippen MR) is 123 cm³/mol. The molecule has 10 heteroatoms. The fourth-order valence-corrected chi connectivity index (χ4v) is 4.06. The number of fused-ring (bicyclic) bond motifs is 1. The minimum Gasteiger partial charge on any atom is -0.348 e. The Balaban J connectivity index is 1.65. The van der Waals surface area contributed by atoms with Gasteiger partial charge in [0.2, 0.25) is 0 Å². The zero-order chi connectivity index (χ0) is 26.1. The van der Waals surface area contributed by atoms with Gasteiger partial charge in [-0.1, -0.05) is 6.07 Å². The summed E-state index contributed by atoms with van der Waals surface area (Å²) in [6.45, 7) is 1.06. The third kappa shape index (κ3) is 4.66. The largest absolute Gasteiger partial charge is 0.348 e. The Hall–Kier alpha value is -4.21. The van der Waals surface area contributed by atoms with Crippen LogP contribution in [0.25, 0.3) is 0 Å². The first-order valence-corrected chi connectivity index (χ1v) is 10.9. The molecule has 0 radical (unpaired) electrons. The first-order chi connectivity index (χ1) is 17.1. The van der Waals surface area contributed by atoms with E-state index in [9.17, 15) is 31.9 Å².